The Morgan fingerprint density at radius 2 is 1.68 bits per heavy atom. The third-order valence-corrected chi connectivity index (χ3v) is 8.38. The molecule has 0 unspecified atom stereocenters. The van der Waals surface area contributed by atoms with Crippen LogP contribution in [-0.2, 0) is 37.4 Å². The smallest absolute Gasteiger partial charge is 0.408 e. The first-order valence-electron chi connectivity index (χ1n) is 13.8. The molecule has 2 aromatic carbocycles. The Bertz CT molecular complexity index is 1520. The van der Waals surface area contributed by atoms with E-state index in [4.69, 9.17) is 9.47 Å². The van der Waals surface area contributed by atoms with Gasteiger partial charge in [0.05, 0.1) is 13.1 Å². The molecule has 44 heavy (non-hydrogen) atoms. The van der Waals surface area contributed by atoms with Crippen molar-refractivity contribution < 1.29 is 57.3 Å². The van der Waals surface area contributed by atoms with Gasteiger partial charge in [0, 0.05) is 11.3 Å². The van der Waals surface area contributed by atoms with Crippen molar-refractivity contribution >= 4 is 42.0 Å². The lowest BCUT2D eigenvalue weighted by atomic mass is 10.0. The van der Waals surface area contributed by atoms with Crippen molar-refractivity contribution in [3.05, 3.63) is 95.3 Å². The molecule has 2 atom stereocenters. The Morgan fingerprint density at radius 3 is 2.25 bits per heavy atom. The number of amides is 3. The first-order valence-corrected chi connectivity index (χ1v) is 14.8. The topological polar surface area (TPSA) is 123 Å². The highest BCUT2D eigenvalue weighted by Crippen LogP contribution is 2.42. The fourth-order valence-electron chi connectivity index (χ4n) is 5.03. The van der Waals surface area contributed by atoms with Crippen molar-refractivity contribution in [2.24, 2.45) is 7.05 Å². The Labute approximate surface area is 277 Å². The SMILES string of the molecule is Cn1c(NC=O)cc[n+]1CC1=C(C(=O)OC(c2ccccc2)c2ccccc2)N2C(=O)[C@@H](NC(=O)OC(C)(C)C)[C@H]2SC1.[I-]. The average molecular weight is 732 g/mol. The van der Waals surface area contributed by atoms with E-state index in [0.717, 1.165) is 11.1 Å². The summed E-state index contributed by atoms with van der Waals surface area (Å²) in [4.78, 5) is 52.6. The van der Waals surface area contributed by atoms with Gasteiger partial charge in [-0.15, -0.1) is 21.1 Å². The fraction of sp³-hybridized carbons (Fsp3) is 0.323. The number of anilines is 1. The second kappa shape index (κ2) is 13.8. The molecule has 0 spiro atoms. The Hall–Kier alpha value is -3.85. The number of thioether (sulfide) groups is 1. The number of β-lactam (4-membered cyclic amide) rings is 1. The summed E-state index contributed by atoms with van der Waals surface area (Å²) in [5.74, 6) is -0.107. The number of rotatable bonds is 9. The molecule has 0 aliphatic carbocycles. The van der Waals surface area contributed by atoms with Crippen LogP contribution in [-0.4, -0.2) is 56.7 Å². The van der Waals surface area contributed by atoms with Crippen LogP contribution in [0.5, 0.6) is 0 Å². The monoisotopic (exact) mass is 731 g/mol. The highest BCUT2D eigenvalue weighted by molar-refractivity contribution is 8.00. The number of carbonyl (C=O) groups is 4. The standard InChI is InChI=1S/C31H33N5O6S.HI/c1-31(2,3)42-30(40)33-24-27(38)36-25(22(18-43-28(24)36)17-35-16-15-23(32-19-37)34(35)4)29(39)41-26(20-11-7-5-8-12-20)21-13-9-6-10-14-21;/h5-16,19,24,26,28H,17-18H2,1-4H3,(H,33,40);1H/t24-,28-;/m1./s1. The lowest BCUT2D eigenvalue weighted by Gasteiger charge is -2.49. The van der Waals surface area contributed by atoms with Gasteiger partial charge in [0.15, 0.2) is 24.7 Å². The maximum Gasteiger partial charge on any atom is 0.408 e. The van der Waals surface area contributed by atoms with Crippen LogP contribution in [0, 0.1) is 0 Å². The molecule has 5 rings (SSSR count). The number of carbonyl (C=O) groups excluding carboxylic acids is 4. The summed E-state index contributed by atoms with van der Waals surface area (Å²) >= 11 is 1.44. The number of alkyl carbamates (subject to hydrolysis) is 1. The van der Waals surface area contributed by atoms with E-state index in [1.807, 2.05) is 65.3 Å². The van der Waals surface area contributed by atoms with E-state index in [0.29, 0.717) is 23.6 Å². The summed E-state index contributed by atoms with van der Waals surface area (Å²) in [6.45, 7) is 5.49. The molecule has 232 valence electrons. The molecule has 13 heteroatoms. The summed E-state index contributed by atoms with van der Waals surface area (Å²) in [7, 11) is 1.78. The molecular formula is C31H34IN5O6S. The van der Waals surface area contributed by atoms with Crippen LogP contribution < -0.4 is 39.3 Å². The van der Waals surface area contributed by atoms with Gasteiger partial charge in [-0.3, -0.25) is 14.5 Å². The highest BCUT2D eigenvalue weighted by atomic mass is 127. The zero-order valence-corrected chi connectivity index (χ0v) is 27.7. The first kappa shape index (κ1) is 33.1. The van der Waals surface area contributed by atoms with Gasteiger partial charge in [0.2, 0.25) is 6.41 Å². The van der Waals surface area contributed by atoms with Crippen molar-refractivity contribution in [1.29, 1.82) is 0 Å². The van der Waals surface area contributed by atoms with Crippen LogP contribution in [0.3, 0.4) is 0 Å². The average Bonchev–Trinajstić information content (AvgIpc) is 3.32. The van der Waals surface area contributed by atoms with Gasteiger partial charge < -0.3 is 44.1 Å². The van der Waals surface area contributed by atoms with Crippen LogP contribution >= 0.6 is 11.8 Å². The Morgan fingerprint density at radius 1 is 1.07 bits per heavy atom. The number of nitrogens with one attached hydrogen (secondary N) is 2. The lowest BCUT2D eigenvalue weighted by Crippen LogP contribution is -3.00. The van der Waals surface area contributed by atoms with Gasteiger partial charge in [-0.1, -0.05) is 60.7 Å². The third-order valence-electron chi connectivity index (χ3n) is 7.04. The molecule has 2 aliphatic rings. The van der Waals surface area contributed by atoms with Crippen LogP contribution in [0.25, 0.3) is 0 Å². The van der Waals surface area contributed by atoms with E-state index in [1.54, 1.807) is 44.8 Å². The maximum absolute atomic E-state index is 14.1. The van der Waals surface area contributed by atoms with Crippen molar-refractivity contribution in [2.45, 2.75) is 50.4 Å². The molecule has 3 aromatic rings. The van der Waals surface area contributed by atoms with E-state index >= 15 is 0 Å². The molecule has 3 heterocycles. The lowest BCUT2D eigenvalue weighted by molar-refractivity contribution is -0.765. The van der Waals surface area contributed by atoms with Crippen molar-refractivity contribution in [2.75, 3.05) is 11.1 Å². The molecule has 0 radical (unpaired) electrons. The summed E-state index contributed by atoms with van der Waals surface area (Å²) < 4.78 is 15.1. The Kier molecular flexibility index (Phi) is 10.4. The van der Waals surface area contributed by atoms with E-state index < -0.39 is 41.1 Å². The number of nitrogens with zero attached hydrogens (tertiary/aromatic N) is 3. The maximum atomic E-state index is 14.1. The van der Waals surface area contributed by atoms with E-state index in [2.05, 4.69) is 10.6 Å². The Balaban J connectivity index is 0.00000442. The fourth-order valence-corrected chi connectivity index (χ4v) is 6.37. The number of halogens is 1. The summed E-state index contributed by atoms with van der Waals surface area (Å²) in [6, 6.07) is 19.7. The number of ether oxygens (including phenoxy) is 2. The van der Waals surface area contributed by atoms with E-state index in [9.17, 15) is 19.2 Å². The first-order chi connectivity index (χ1) is 20.6. The molecule has 1 fully saturated rings. The molecule has 0 saturated carbocycles. The van der Waals surface area contributed by atoms with Crippen LogP contribution in [0.15, 0.2) is 84.2 Å². The summed E-state index contributed by atoms with van der Waals surface area (Å²) in [6.07, 6.45) is 0.954. The highest BCUT2D eigenvalue weighted by Gasteiger charge is 2.55. The number of benzene rings is 2. The molecule has 3 amide bonds. The van der Waals surface area contributed by atoms with E-state index in [-0.39, 0.29) is 36.2 Å². The second-order valence-electron chi connectivity index (χ2n) is 11.2. The third kappa shape index (κ3) is 7.09. The quantitative estimate of drug-likeness (QED) is 0.107. The van der Waals surface area contributed by atoms with Crippen molar-refractivity contribution in [3.8, 4) is 0 Å². The van der Waals surface area contributed by atoms with Crippen LogP contribution in [0.1, 0.15) is 38.0 Å². The van der Waals surface area contributed by atoms with Gasteiger partial charge in [-0.2, -0.15) is 0 Å². The van der Waals surface area contributed by atoms with Gasteiger partial charge in [-0.05, 0) is 31.9 Å². The molecule has 11 nitrogen and oxygen atoms in total. The van der Waals surface area contributed by atoms with Crippen LogP contribution in [0.4, 0.5) is 10.6 Å². The minimum absolute atomic E-state index is 0. The number of fused-ring (bicyclic) bond motifs is 1. The molecule has 0 bridgehead atoms. The number of hydrogen-bond donors (Lipinski definition) is 2. The summed E-state index contributed by atoms with van der Waals surface area (Å²) in [5.41, 5.74) is 1.65. The van der Waals surface area contributed by atoms with Crippen molar-refractivity contribution in [1.82, 2.24) is 14.9 Å². The predicted octanol–water partition coefficient (Wildman–Crippen LogP) is 0.280. The number of hydrogen-bond acceptors (Lipinski definition) is 7. The van der Waals surface area contributed by atoms with Crippen molar-refractivity contribution in [3.63, 3.8) is 0 Å². The summed E-state index contributed by atoms with van der Waals surface area (Å²) in [5, 5.41) is 4.79. The zero-order valence-electron chi connectivity index (χ0n) is 24.7. The molecular weight excluding hydrogens is 697 g/mol. The normalized spacial score (nSPS) is 17.7. The predicted molar refractivity (Wildman–Crippen MR) is 159 cm³/mol. The molecule has 1 saturated heterocycles. The molecule has 2 aliphatic heterocycles. The largest absolute Gasteiger partial charge is 1.00 e. The van der Waals surface area contributed by atoms with Gasteiger partial charge in [0.1, 0.15) is 22.7 Å². The minimum atomic E-state index is -0.852. The molecule has 2 N–H and O–H groups in total. The van der Waals surface area contributed by atoms with E-state index in [1.165, 1.54) is 16.7 Å². The van der Waals surface area contributed by atoms with Gasteiger partial charge in [0.25, 0.3) is 5.91 Å². The minimum Gasteiger partial charge on any atom is -1.00 e. The zero-order chi connectivity index (χ0) is 30.7. The molecule has 1 aromatic heterocycles. The number of aromatic nitrogens is 2. The number of esters is 1. The van der Waals surface area contributed by atoms with Gasteiger partial charge in [-0.25, -0.2) is 9.59 Å². The second-order valence-corrected chi connectivity index (χ2v) is 12.3. The van der Waals surface area contributed by atoms with Gasteiger partial charge >= 0.3 is 12.1 Å². The van der Waals surface area contributed by atoms with Crippen LogP contribution in [0.2, 0.25) is 0 Å².